The monoisotopic (exact) mass is 157 g/mol. The first-order valence-electron chi connectivity index (χ1n) is 4.22. The van der Waals surface area contributed by atoms with Gasteiger partial charge < -0.3 is 10.1 Å². The third-order valence-electron chi connectivity index (χ3n) is 1.55. The molecule has 0 aliphatic rings. The van der Waals surface area contributed by atoms with Crippen LogP contribution in [0.25, 0.3) is 0 Å². The number of likely N-dealkylation sites (N-methyl/N-ethyl adjacent to an activating group) is 1. The van der Waals surface area contributed by atoms with Gasteiger partial charge in [-0.2, -0.15) is 0 Å². The molecule has 0 spiro atoms. The molecule has 11 heavy (non-hydrogen) atoms. The number of hydrogen-bond acceptors (Lipinski definition) is 2. The van der Waals surface area contributed by atoms with Crippen LogP contribution in [0.2, 0.25) is 0 Å². The molecule has 0 radical (unpaired) electrons. The van der Waals surface area contributed by atoms with Crippen LogP contribution in [-0.2, 0) is 4.74 Å². The van der Waals surface area contributed by atoms with Gasteiger partial charge in [-0.1, -0.05) is 19.1 Å². The molecule has 0 heterocycles. The molecule has 0 amide bonds. The standard InChI is InChI=1S/C9H19NO/c1-4-6-7-11-9(5-2)8-10-3/h4,6,9-10H,5,7-8H2,1-3H3. The van der Waals surface area contributed by atoms with E-state index in [4.69, 9.17) is 4.74 Å². The third-order valence-corrected chi connectivity index (χ3v) is 1.55. The van der Waals surface area contributed by atoms with Gasteiger partial charge in [-0.15, -0.1) is 0 Å². The van der Waals surface area contributed by atoms with Crippen LogP contribution < -0.4 is 5.32 Å². The molecule has 2 heteroatoms. The number of hydrogen-bond donors (Lipinski definition) is 1. The van der Waals surface area contributed by atoms with Crippen LogP contribution in [0.15, 0.2) is 12.2 Å². The van der Waals surface area contributed by atoms with E-state index in [-0.39, 0.29) is 0 Å². The molecule has 0 aromatic heterocycles. The number of nitrogens with one attached hydrogen (secondary N) is 1. The molecule has 1 N–H and O–H groups in total. The van der Waals surface area contributed by atoms with E-state index in [1.54, 1.807) is 0 Å². The Bertz CT molecular complexity index is 102. The van der Waals surface area contributed by atoms with Crippen LogP contribution in [0.1, 0.15) is 20.3 Å². The number of allylic oxidation sites excluding steroid dienone is 1. The van der Waals surface area contributed by atoms with Gasteiger partial charge in [-0.3, -0.25) is 0 Å². The maximum absolute atomic E-state index is 5.52. The van der Waals surface area contributed by atoms with Crippen molar-refractivity contribution in [2.24, 2.45) is 0 Å². The maximum Gasteiger partial charge on any atom is 0.0701 e. The summed E-state index contributed by atoms with van der Waals surface area (Å²) in [6, 6.07) is 0. The lowest BCUT2D eigenvalue weighted by molar-refractivity contribution is 0.0727. The van der Waals surface area contributed by atoms with E-state index in [0.29, 0.717) is 6.10 Å². The molecule has 0 aliphatic heterocycles. The van der Waals surface area contributed by atoms with Gasteiger partial charge >= 0.3 is 0 Å². The Labute approximate surface area is 69.6 Å². The SMILES string of the molecule is CC=CCOC(CC)CNC. The van der Waals surface area contributed by atoms with Crippen molar-refractivity contribution >= 4 is 0 Å². The van der Waals surface area contributed by atoms with Crippen molar-refractivity contribution in [3.63, 3.8) is 0 Å². The molecular formula is C9H19NO. The topological polar surface area (TPSA) is 21.3 Å². The molecule has 0 saturated heterocycles. The van der Waals surface area contributed by atoms with Crippen molar-refractivity contribution < 1.29 is 4.74 Å². The summed E-state index contributed by atoms with van der Waals surface area (Å²) in [7, 11) is 1.95. The average molecular weight is 157 g/mol. The fourth-order valence-corrected chi connectivity index (χ4v) is 0.837. The Morgan fingerprint density at radius 2 is 2.27 bits per heavy atom. The van der Waals surface area contributed by atoms with Gasteiger partial charge in [-0.05, 0) is 20.4 Å². The third kappa shape index (κ3) is 6.07. The van der Waals surface area contributed by atoms with E-state index in [0.717, 1.165) is 19.6 Å². The molecular weight excluding hydrogens is 138 g/mol. The molecule has 1 unspecified atom stereocenters. The molecule has 0 aliphatic carbocycles. The summed E-state index contributed by atoms with van der Waals surface area (Å²) in [5.74, 6) is 0. The van der Waals surface area contributed by atoms with Gasteiger partial charge in [0.2, 0.25) is 0 Å². The maximum atomic E-state index is 5.52. The molecule has 0 fully saturated rings. The minimum Gasteiger partial charge on any atom is -0.373 e. The Morgan fingerprint density at radius 1 is 1.55 bits per heavy atom. The Balaban J connectivity index is 3.35. The number of ether oxygens (including phenoxy) is 1. The molecule has 0 aromatic carbocycles. The van der Waals surface area contributed by atoms with Crippen molar-refractivity contribution in [3.05, 3.63) is 12.2 Å². The van der Waals surface area contributed by atoms with Crippen LogP contribution in [-0.4, -0.2) is 26.3 Å². The smallest absolute Gasteiger partial charge is 0.0701 e. The van der Waals surface area contributed by atoms with Gasteiger partial charge in [0.15, 0.2) is 0 Å². The lowest BCUT2D eigenvalue weighted by atomic mass is 10.3. The predicted octanol–water partition coefficient (Wildman–Crippen LogP) is 1.58. The zero-order valence-electron chi connectivity index (χ0n) is 7.76. The summed E-state index contributed by atoms with van der Waals surface area (Å²) in [6.45, 7) is 5.81. The summed E-state index contributed by atoms with van der Waals surface area (Å²) in [5.41, 5.74) is 0. The van der Waals surface area contributed by atoms with Crippen molar-refractivity contribution in [1.82, 2.24) is 5.32 Å². The van der Waals surface area contributed by atoms with Crippen LogP contribution in [0.4, 0.5) is 0 Å². The molecule has 0 aromatic rings. The fraction of sp³-hybridized carbons (Fsp3) is 0.778. The van der Waals surface area contributed by atoms with Crippen LogP contribution >= 0.6 is 0 Å². The first-order chi connectivity index (χ1) is 5.35. The van der Waals surface area contributed by atoms with Gasteiger partial charge in [0.25, 0.3) is 0 Å². The highest BCUT2D eigenvalue weighted by molar-refractivity contribution is 4.76. The van der Waals surface area contributed by atoms with Crippen LogP contribution in [0, 0.1) is 0 Å². The van der Waals surface area contributed by atoms with Gasteiger partial charge in [0.05, 0.1) is 12.7 Å². The van der Waals surface area contributed by atoms with Gasteiger partial charge in [0.1, 0.15) is 0 Å². The zero-order valence-corrected chi connectivity index (χ0v) is 7.76. The predicted molar refractivity (Wildman–Crippen MR) is 48.8 cm³/mol. The highest BCUT2D eigenvalue weighted by Crippen LogP contribution is 1.95. The minimum absolute atomic E-state index is 0.358. The van der Waals surface area contributed by atoms with E-state index >= 15 is 0 Å². The second-order valence-corrected chi connectivity index (χ2v) is 2.49. The summed E-state index contributed by atoms with van der Waals surface area (Å²) in [4.78, 5) is 0. The highest BCUT2D eigenvalue weighted by Gasteiger charge is 2.01. The van der Waals surface area contributed by atoms with Gasteiger partial charge in [-0.25, -0.2) is 0 Å². The minimum atomic E-state index is 0.358. The Morgan fingerprint density at radius 3 is 2.73 bits per heavy atom. The van der Waals surface area contributed by atoms with Crippen molar-refractivity contribution in [3.8, 4) is 0 Å². The first-order valence-corrected chi connectivity index (χ1v) is 4.22. The molecule has 0 saturated carbocycles. The van der Waals surface area contributed by atoms with E-state index in [1.165, 1.54) is 0 Å². The highest BCUT2D eigenvalue weighted by atomic mass is 16.5. The van der Waals surface area contributed by atoms with Crippen molar-refractivity contribution in [2.45, 2.75) is 26.4 Å². The Kier molecular flexibility index (Phi) is 7.52. The quantitative estimate of drug-likeness (QED) is 0.591. The first kappa shape index (κ1) is 10.7. The average Bonchev–Trinajstić information content (AvgIpc) is 2.03. The van der Waals surface area contributed by atoms with Crippen LogP contribution in [0.3, 0.4) is 0 Å². The lowest BCUT2D eigenvalue weighted by Crippen LogP contribution is -2.25. The summed E-state index contributed by atoms with van der Waals surface area (Å²) >= 11 is 0. The largest absolute Gasteiger partial charge is 0.373 e. The summed E-state index contributed by atoms with van der Waals surface area (Å²) < 4.78 is 5.52. The molecule has 2 nitrogen and oxygen atoms in total. The second-order valence-electron chi connectivity index (χ2n) is 2.49. The van der Waals surface area contributed by atoms with Crippen molar-refractivity contribution in [1.29, 1.82) is 0 Å². The number of rotatable bonds is 6. The zero-order chi connectivity index (χ0) is 8.53. The fourth-order valence-electron chi connectivity index (χ4n) is 0.837. The van der Waals surface area contributed by atoms with E-state index < -0.39 is 0 Å². The lowest BCUT2D eigenvalue weighted by Gasteiger charge is -2.13. The van der Waals surface area contributed by atoms with E-state index in [9.17, 15) is 0 Å². The van der Waals surface area contributed by atoms with Crippen molar-refractivity contribution in [2.75, 3.05) is 20.2 Å². The molecule has 0 rings (SSSR count). The van der Waals surface area contributed by atoms with Crippen LogP contribution in [0.5, 0.6) is 0 Å². The molecule has 1 atom stereocenters. The van der Waals surface area contributed by atoms with E-state index in [2.05, 4.69) is 12.2 Å². The summed E-state index contributed by atoms with van der Waals surface area (Å²) in [5, 5.41) is 3.10. The Hall–Kier alpha value is -0.340. The molecule has 66 valence electrons. The summed E-state index contributed by atoms with van der Waals surface area (Å²) in [6.07, 6.45) is 5.46. The second kappa shape index (κ2) is 7.76. The van der Waals surface area contributed by atoms with E-state index in [1.807, 2.05) is 26.1 Å². The normalized spacial score (nSPS) is 14.1. The molecule has 0 bridgehead atoms. The van der Waals surface area contributed by atoms with Gasteiger partial charge in [0, 0.05) is 6.54 Å².